The van der Waals surface area contributed by atoms with E-state index in [0.29, 0.717) is 13.1 Å². The molecule has 0 spiro atoms. The molecule has 0 amide bonds. The molecule has 1 unspecified atom stereocenters. The molecule has 84 valence electrons. The predicted octanol–water partition coefficient (Wildman–Crippen LogP) is 1.61. The molecule has 1 aliphatic rings. The molecule has 2 nitrogen and oxygen atoms in total. The zero-order valence-corrected chi connectivity index (χ0v) is 8.56. The minimum absolute atomic E-state index is 0.0152. The Bertz CT molecular complexity index is 201. The molecule has 0 aromatic heterocycles. The van der Waals surface area contributed by atoms with Crippen LogP contribution in [0.3, 0.4) is 0 Å². The lowest BCUT2D eigenvalue weighted by Gasteiger charge is -2.29. The van der Waals surface area contributed by atoms with Crippen molar-refractivity contribution in [2.75, 3.05) is 19.6 Å². The van der Waals surface area contributed by atoms with Gasteiger partial charge in [0.1, 0.15) is 6.04 Å². The zero-order chi connectivity index (χ0) is 11.0. The van der Waals surface area contributed by atoms with Crippen LogP contribution in [0.15, 0.2) is 0 Å². The molecule has 2 N–H and O–H groups in total. The molecule has 1 atom stereocenters. The van der Waals surface area contributed by atoms with Crippen LogP contribution in [0.1, 0.15) is 20.3 Å². The summed E-state index contributed by atoms with van der Waals surface area (Å²) in [5, 5.41) is 0. The lowest BCUT2D eigenvalue weighted by Crippen LogP contribution is -2.49. The van der Waals surface area contributed by atoms with Gasteiger partial charge in [0.2, 0.25) is 0 Å². The van der Waals surface area contributed by atoms with Gasteiger partial charge in [0.15, 0.2) is 0 Å². The summed E-state index contributed by atoms with van der Waals surface area (Å²) in [5.74, 6) is 0. The number of halogens is 3. The van der Waals surface area contributed by atoms with E-state index in [4.69, 9.17) is 5.73 Å². The highest BCUT2D eigenvalue weighted by Gasteiger charge is 2.46. The smallest absolute Gasteiger partial charge is 0.329 e. The van der Waals surface area contributed by atoms with Crippen LogP contribution in [0.4, 0.5) is 13.2 Å². The fourth-order valence-electron chi connectivity index (χ4n) is 1.91. The van der Waals surface area contributed by atoms with Crippen molar-refractivity contribution >= 4 is 0 Å². The third kappa shape index (κ3) is 2.60. The molecule has 0 bridgehead atoms. The monoisotopic (exact) mass is 210 g/mol. The van der Waals surface area contributed by atoms with Gasteiger partial charge in [0.25, 0.3) is 0 Å². The second kappa shape index (κ2) is 3.70. The first-order chi connectivity index (χ1) is 6.26. The van der Waals surface area contributed by atoms with Crippen LogP contribution in [0.5, 0.6) is 0 Å². The van der Waals surface area contributed by atoms with Gasteiger partial charge in [-0.2, -0.15) is 13.2 Å². The van der Waals surface area contributed by atoms with Crippen LogP contribution < -0.4 is 5.73 Å². The van der Waals surface area contributed by atoms with Gasteiger partial charge >= 0.3 is 6.18 Å². The quantitative estimate of drug-likeness (QED) is 0.750. The fourth-order valence-corrected chi connectivity index (χ4v) is 1.91. The second-order valence-electron chi connectivity index (χ2n) is 4.68. The lowest BCUT2D eigenvalue weighted by atomic mass is 9.93. The molecule has 14 heavy (non-hydrogen) atoms. The van der Waals surface area contributed by atoms with Crippen LogP contribution in [-0.4, -0.2) is 36.8 Å². The van der Waals surface area contributed by atoms with E-state index in [1.807, 2.05) is 13.8 Å². The number of hydrogen-bond acceptors (Lipinski definition) is 2. The van der Waals surface area contributed by atoms with E-state index in [-0.39, 0.29) is 12.0 Å². The summed E-state index contributed by atoms with van der Waals surface area (Å²) in [6, 6.07) is -1.47. The molecule has 0 radical (unpaired) electrons. The minimum Gasteiger partial charge on any atom is -0.329 e. The summed E-state index contributed by atoms with van der Waals surface area (Å²) in [6.45, 7) is 4.59. The number of nitrogens with two attached hydrogens (primary N) is 1. The first-order valence-corrected chi connectivity index (χ1v) is 4.77. The SMILES string of the molecule is CC1(C)CCN(C(CN)C(F)(F)F)C1. The highest BCUT2D eigenvalue weighted by molar-refractivity contribution is 4.89. The molecular weight excluding hydrogens is 193 g/mol. The van der Waals surface area contributed by atoms with Crippen LogP contribution >= 0.6 is 0 Å². The Labute approximate surface area is 82.2 Å². The van der Waals surface area contributed by atoms with E-state index in [9.17, 15) is 13.2 Å². The average Bonchev–Trinajstić information content (AvgIpc) is 2.29. The Morgan fingerprint density at radius 1 is 1.43 bits per heavy atom. The Morgan fingerprint density at radius 2 is 2.00 bits per heavy atom. The molecule has 5 heteroatoms. The molecule has 1 heterocycles. The standard InChI is InChI=1S/C9H17F3N2/c1-8(2)3-4-14(6-8)7(5-13)9(10,11)12/h7H,3-6,13H2,1-2H3. The van der Waals surface area contributed by atoms with Gasteiger partial charge in [-0.3, -0.25) is 4.90 Å². The highest BCUT2D eigenvalue weighted by Crippen LogP contribution is 2.34. The molecule has 0 saturated carbocycles. The number of rotatable bonds is 2. The summed E-state index contributed by atoms with van der Waals surface area (Å²) in [6.07, 6.45) is -3.39. The Kier molecular flexibility index (Phi) is 3.11. The summed E-state index contributed by atoms with van der Waals surface area (Å²) >= 11 is 0. The molecular formula is C9H17F3N2. The van der Waals surface area contributed by atoms with Crippen LogP contribution in [0.2, 0.25) is 0 Å². The van der Waals surface area contributed by atoms with Crippen LogP contribution in [0, 0.1) is 5.41 Å². The van der Waals surface area contributed by atoms with E-state index < -0.39 is 12.2 Å². The summed E-state index contributed by atoms with van der Waals surface area (Å²) < 4.78 is 37.5. The number of hydrogen-bond donors (Lipinski definition) is 1. The van der Waals surface area contributed by atoms with Crippen molar-refractivity contribution < 1.29 is 13.2 Å². The third-order valence-corrected chi connectivity index (χ3v) is 2.75. The molecule has 0 aromatic rings. The zero-order valence-electron chi connectivity index (χ0n) is 8.56. The van der Waals surface area contributed by atoms with Crippen molar-refractivity contribution in [1.82, 2.24) is 4.90 Å². The average molecular weight is 210 g/mol. The van der Waals surface area contributed by atoms with Crippen molar-refractivity contribution in [3.05, 3.63) is 0 Å². The Balaban J connectivity index is 2.65. The highest BCUT2D eigenvalue weighted by atomic mass is 19.4. The van der Waals surface area contributed by atoms with E-state index in [0.717, 1.165) is 6.42 Å². The first-order valence-electron chi connectivity index (χ1n) is 4.77. The number of nitrogens with zero attached hydrogens (tertiary/aromatic N) is 1. The number of likely N-dealkylation sites (tertiary alicyclic amines) is 1. The van der Waals surface area contributed by atoms with E-state index in [2.05, 4.69) is 0 Å². The minimum atomic E-state index is -4.20. The fraction of sp³-hybridized carbons (Fsp3) is 1.00. The molecule has 0 aliphatic carbocycles. The van der Waals surface area contributed by atoms with Crippen molar-refractivity contribution in [3.8, 4) is 0 Å². The van der Waals surface area contributed by atoms with Gasteiger partial charge in [-0.1, -0.05) is 13.8 Å². The maximum absolute atomic E-state index is 12.5. The summed E-state index contributed by atoms with van der Waals surface area (Å²) in [7, 11) is 0. The predicted molar refractivity (Wildman–Crippen MR) is 48.9 cm³/mol. The van der Waals surface area contributed by atoms with E-state index >= 15 is 0 Å². The molecule has 1 saturated heterocycles. The van der Waals surface area contributed by atoms with Crippen LogP contribution in [0.25, 0.3) is 0 Å². The van der Waals surface area contributed by atoms with Gasteiger partial charge < -0.3 is 5.73 Å². The normalized spacial score (nSPS) is 25.3. The Hall–Kier alpha value is -0.290. The van der Waals surface area contributed by atoms with Gasteiger partial charge in [-0.05, 0) is 18.4 Å². The van der Waals surface area contributed by atoms with Crippen molar-refractivity contribution in [2.24, 2.45) is 11.1 Å². The summed E-state index contributed by atoms with van der Waals surface area (Å²) in [4.78, 5) is 1.44. The molecule has 1 fully saturated rings. The van der Waals surface area contributed by atoms with Crippen molar-refractivity contribution in [3.63, 3.8) is 0 Å². The third-order valence-electron chi connectivity index (χ3n) is 2.75. The Morgan fingerprint density at radius 3 is 2.29 bits per heavy atom. The molecule has 1 aliphatic heterocycles. The van der Waals surface area contributed by atoms with Crippen LogP contribution in [-0.2, 0) is 0 Å². The molecule has 0 aromatic carbocycles. The van der Waals surface area contributed by atoms with Gasteiger partial charge in [0.05, 0.1) is 0 Å². The summed E-state index contributed by atoms with van der Waals surface area (Å²) in [5.41, 5.74) is 5.15. The van der Waals surface area contributed by atoms with E-state index in [1.54, 1.807) is 0 Å². The number of alkyl halides is 3. The lowest BCUT2D eigenvalue weighted by molar-refractivity contribution is -0.178. The topological polar surface area (TPSA) is 29.3 Å². The maximum atomic E-state index is 12.5. The van der Waals surface area contributed by atoms with Crippen molar-refractivity contribution in [2.45, 2.75) is 32.5 Å². The van der Waals surface area contributed by atoms with Gasteiger partial charge in [0, 0.05) is 13.1 Å². The van der Waals surface area contributed by atoms with E-state index in [1.165, 1.54) is 4.90 Å². The largest absolute Gasteiger partial charge is 0.405 e. The second-order valence-corrected chi connectivity index (χ2v) is 4.68. The first kappa shape index (κ1) is 11.8. The maximum Gasteiger partial charge on any atom is 0.405 e. The van der Waals surface area contributed by atoms with Gasteiger partial charge in [-0.25, -0.2) is 0 Å². The molecule has 1 rings (SSSR count). The van der Waals surface area contributed by atoms with Gasteiger partial charge in [-0.15, -0.1) is 0 Å². The van der Waals surface area contributed by atoms with Crippen molar-refractivity contribution in [1.29, 1.82) is 0 Å².